The number of hydrogen-bond acceptors (Lipinski definition) is 4. The quantitative estimate of drug-likeness (QED) is 0.267. The summed E-state index contributed by atoms with van der Waals surface area (Å²) in [7, 11) is 0. The minimum Gasteiger partial charge on any atom is -0.357 e. The van der Waals surface area contributed by atoms with Crippen LogP contribution in [0.15, 0.2) is 29.3 Å². The van der Waals surface area contributed by atoms with Crippen molar-refractivity contribution in [2.24, 2.45) is 4.99 Å². The van der Waals surface area contributed by atoms with E-state index in [2.05, 4.69) is 61.9 Å². The van der Waals surface area contributed by atoms with Gasteiger partial charge < -0.3 is 20.9 Å². The van der Waals surface area contributed by atoms with Crippen molar-refractivity contribution in [3.8, 4) is 0 Å². The molecule has 1 fully saturated rings. The lowest BCUT2D eigenvalue weighted by Crippen LogP contribution is -2.48. The van der Waals surface area contributed by atoms with E-state index in [1.54, 1.807) is 0 Å². The fourth-order valence-electron chi connectivity index (χ4n) is 3.41. The van der Waals surface area contributed by atoms with Crippen LogP contribution in [0.25, 0.3) is 0 Å². The van der Waals surface area contributed by atoms with Gasteiger partial charge in [0.25, 0.3) is 0 Å². The first-order valence-electron chi connectivity index (χ1n) is 11.1. The average molecular weight is 545 g/mol. The molecule has 7 nitrogen and oxygen atoms in total. The normalized spacial score (nSPS) is 15.8. The number of hydrogen-bond donors (Lipinski definition) is 3. The highest BCUT2D eigenvalue weighted by molar-refractivity contribution is 14.0. The topological polar surface area (TPSA) is 72.0 Å². The van der Waals surface area contributed by atoms with Crippen LogP contribution in [0.4, 0.5) is 0 Å². The lowest BCUT2D eigenvalue weighted by Gasteiger charge is -2.34. The summed E-state index contributed by atoms with van der Waals surface area (Å²) in [5.41, 5.74) is 2.27. The van der Waals surface area contributed by atoms with Gasteiger partial charge in [0.1, 0.15) is 0 Å². The third-order valence-corrected chi connectivity index (χ3v) is 5.04. The Morgan fingerprint density at radius 3 is 2.10 bits per heavy atom. The van der Waals surface area contributed by atoms with Crippen molar-refractivity contribution in [3.05, 3.63) is 35.4 Å². The molecule has 3 N–H and O–H groups in total. The van der Waals surface area contributed by atoms with Gasteiger partial charge in [0.05, 0.1) is 13.1 Å². The van der Waals surface area contributed by atoms with E-state index in [9.17, 15) is 4.79 Å². The van der Waals surface area contributed by atoms with Gasteiger partial charge in [-0.1, -0.05) is 31.2 Å². The van der Waals surface area contributed by atoms with E-state index in [-0.39, 0.29) is 42.0 Å². The van der Waals surface area contributed by atoms with Crippen LogP contribution < -0.4 is 16.0 Å². The molecule has 1 saturated heterocycles. The predicted molar refractivity (Wildman–Crippen MR) is 140 cm³/mol. The summed E-state index contributed by atoms with van der Waals surface area (Å²) in [6.07, 6.45) is 0. The lowest BCUT2D eigenvalue weighted by atomic mass is 10.1. The van der Waals surface area contributed by atoms with Crippen LogP contribution in [0.5, 0.6) is 0 Å². The van der Waals surface area contributed by atoms with Crippen LogP contribution in [0.2, 0.25) is 0 Å². The molecule has 0 bridgehead atoms. The maximum atomic E-state index is 12.0. The average Bonchev–Trinajstić information content (AvgIpc) is 2.70. The van der Waals surface area contributed by atoms with Crippen LogP contribution in [0.1, 0.15) is 45.7 Å². The first-order valence-corrected chi connectivity index (χ1v) is 11.1. The van der Waals surface area contributed by atoms with Gasteiger partial charge in [0.15, 0.2) is 5.96 Å². The lowest BCUT2D eigenvalue weighted by molar-refractivity contribution is -0.121. The Labute approximate surface area is 205 Å². The summed E-state index contributed by atoms with van der Waals surface area (Å²) in [6.45, 7) is 18.4. The Kier molecular flexibility index (Phi) is 12.4. The summed E-state index contributed by atoms with van der Waals surface area (Å²) in [4.78, 5) is 21.7. The number of carbonyl (C=O) groups is 1. The van der Waals surface area contributed by atoms with Gasteiger partial charge in [-0.15, -0.1) is 24.0 Å². The summed E-state index contributed by atoms with van der Waals surface area (Å²) in [5, 5.41) is 9.24. The number of halogens is 1. The molecule has 1 heterocycles. The van der Waals surface area contributed by atoms with E-state index in [0.29, 0.717) is 12.5 Å². The molecule has 176 valence electrons. The molecule has 1 aromatic carbocycles. The largest absolute Gasteiger partial charge is 0.357 e. The zero-order valence-corrected chi connectivity index (χ0v) is 22.2. The molecule has 0 radical (unpaired) electrons. The minimum absolute atomic E-state index is 0. The third kappa shape index (κ3) is 11.2. The van der Waals surface area contributed by atoms with Gasteiger partial charge in [0, 0.05) is 44.8 Å². The van der Waals surface area contributed by atoms with Crippen LogP contribution in [-0.4, -0.2) is 73.0 Å². The van der Waals surface area contributed by atoms with Crippen LogP contribution in [-0.2, 0) is 17.9 Å². The summed E-state index contributed by atoms with van der Waals surface area (Å²) in [5.74, 6) is 0.608. The monoisotopic (exact) mass is 544 g/mol. The van der Waals surface area contributed by atoms with Crippen molar-refractivity contribution in [1.29, 1.82) is 0 Å². The third-order valence-electron chi connectivity index (χ3n) is 5.04. The Hall–Kier alpha value is -1.39. The first kappa shape index (κ1) is 27.6. The SMILES string of the molecule is CCNC(=NCc1ccc(CN2CCN(CC)CC2)cc1)NCC(=O)NC(C)(C)C.I. The Morgan fingerprint density at radius 2 is 1.55 bits per heavy atom. The molecular formula is C23H41IN6O. The van der Waals surface area contributed by atoms with E-state index in [4.69, 9.17) is 0 Å². The van der Waals surface area contributed by atoms with Crippen molar-refractivity contribution in [3.63, 3.8) is 0 Å². The number of nitrogens with zero attached hydrogens (tertiary/aromatic N) is 3. The maximum absolute atomic E-state index is 12.0. The number of nitrogens with one attached hydrogen (secondary N) is 3. The van der Waals surface area contributed by atoms with Gasteiger partial charge in [-0.3, -0.25) is 9.69 Å². The number of piperazine rings is 1. The second-order valence-corrected chi connectivity index (χ2v) is 8.87. The van der Waals surface area contributed by atoms with Crippen LogP contribution in [0, 0.1) is 0 Å². The fourth-order valence-corrected chi connectivity index (χ4v) is 3.41. The smallest absolute Gasteiger partial charge is 0.239 e. The number of guanidine groups is 1. The molecule has 31 heavy (non-hydrogen) atoms. The minimum atomic E-state index is -0.237. The molecule has 0 aromatic heterocycles. The molecule has 1 aromatic rings. The molecule has 8 heteroatoms. The standard InChI is InChI=1S/C23H40N6O.HI/c1-6-24-22(26-17-21(30)27-23(3,4)5)25-16-19-8-10-20(11-9-19)18-29-14-12-28(7-2)13-15-29;/h8-11H,6-7,12-18H2,1-5H3,(H,27,30)(H2,24,25,26);1H. The van der Waals surface area contributed by atoms with Crippen molar-refractivity contribution in [2.45, 2.75) is 53.2 Å². The highest BCUT2D eigenvalue weighted by atomic mass is 127. The zero-order chi connectivity index (χ0) is 22.0. The molecular weight excluding hydrogens is 503 g/mol. The summed E-state index contributed by atoms with van der Waals surface area (Å²) >= 11 is 0. The van der Waals surface area contributed by atoms with Gasteiger partial charge in [-0.05, 0) is 45.4 Å². The Morgan fingerprint density at radius 1 is 0.968 bits per heavy atom. The van der Waals surface area contributed by atoms with Crippen molar-refractivity contribution < 1.29 is 4.79 Å². The Bertz CT molecular complexity index is 678. The van der Waals surface area contributed by atoms with Crippen LogP contribution >= 0.6 is 24.0 Å². The molecule has 2 rings (SSSR count). The van der Waals surface area contributed by atoms with Crippen molar-refractivity contribution >= 4 is 35.8 Å². The molecule has 0 unspecified atom stereocenters. The van der Waals surface area contributed by atoms with Gasteiger partial charge in [-0.25, -0.2) is 4.99 Å². The van der Waals surface area contributed by atoms with Crippen LogP contribution in [0.3, 0.4) is 0 Å². The molecule has 0 atom stereocenters. The number of carbonyl (C=O) groups excluding carboxylic acids is 1. The predicted octanol–water partition coefficient (Wildman–Crippen LogP) is 2.41. The number of likely N-dealkylation sites (N-methyl/N-ethyl adjacent to an activating group) is 1. The van der Waals surface area contributed by atoms with Gasteiger partial charge in [0.2, 0.25) is 5.91 Å². The Balaban J connectivity index is 0.00000480. The van der Waals surface area contributed by atoms with E-state index >= 15 is 0 Å². The maximum Gasteiger partial charge on any atom is 0.239 e. The molecule has 1 aliphatic rings. The zero-order valence-electron chi connectivity index (χ0n) is 19.8. The highest BCUT2D eigenvalue weighted by Crippen LogP contribution is 2.11. The highest BCUT2D eigenvalue weighted by Gasteiger charge is 2.15. The van der Waals surface area contributed by atoms with Gasteiger partial charge in [-0.2, -0.15) is 0 Å². The molecule has 1 aliphatic heterocycles. The number of benzene rings is 1. The summed E-state index contributed by atoms with van der Waals surface area (Å²) in [6, 6.07) is 8.70. The molecule has 1 amide bonds. The van der Waals surface area contributed by atoms with Gasteiger partial charge >= 0.3 is 0 Å². The van der Waals surface area contributed by atoms with Crippen molar-refractivity contribution in [2.75, 3.05) is 45.8 Å². The van der Waals surface area contributed by atoms with E-state index in [0.717, 1.165) is 51.4 Å². The summed E-state index contributed by atoms with van der Waals surface area (Å²) < 4.78 is 0. The molecule has 0 spiro atoms. The second-order valence-electron chi connectivity index (χ2n) is 8.87. The number of aliphatic imine (C=N–C) groups is 1. The first-order chi connectivity index (χ1) is 14.3. The fraction of sp³-hybridized carbons (Fsp3) is 0.652. The molecule has 0 aliphatic carbocycles. The number of amides is 1. The number of rotatable bonds is 8. The van der Waals surface area contributed by atoms with Crippen molar-refractivity contribution in [1.82, 2.24) is 25.8 Å². The van der Waals surface area contributed by atoms with E-state index < -0.39 is 0 Å². The van der Waals surface area contributed by atoms with E-state index in [1.807, 2.05) is 27.7 Å². The second kappa shape index (κ2) is 13.9. The molecule has 0 saturated carbocycles. The van der Waals surface area contributed by atoms with E-state index in [1.165, 1.54) is 5.56 Å².